The number of halogens is 4. The molecule has 2 unspecified atom stereocenters. The van der Waals surface area contributed by atoms with Crippen LogP contribution in [0.2, 0.25) is 0 Å². The minimum Gasteiger partial charge on any atom is -0.493 e. The molecule has 8 nitrogen and oxygen atoms in total. The van der Waals surface area contributed by atoms with Gasteiger partial charge in [0.15, 0.2) is 0 Å². The summed E-state index contributed by atoms with van der Waals surface area (Å²) >= 11 is 17.8. The third-order valence-corrected chi connectivity index (χ3v) is 9.02. The summed E-state index contributed by atoms with van der Waals surface area (Å²) in [5.74, 6) is -0.480. The Labute approximate surface area is 296 Å². The molecule has 0 radical (unpaired) electrons. The fraction of sp³-hybridized carbons (Fsp3) is 0.389. The summed E-state index contributed by atoms with van der Waals surface area (Å²) in [5, 5.41) is 5.92. The molecule has 5 rings (SSSR count). The maximum Gasteiger partial charge on any atom is 0.326 e. The predicted octanol–water partition coefficient (Wildman–Crippen LogP) is 7.40. The number of rotatable bonds is 12. The highest BCUT2D eigenvalue weighted by molar-refractivity contribution is 6.76. The molecule has 2 aliphatic rings. The zero-order valence-electron chi connectivity index (χ0n) is 26.6. The van der Waals surface area contributed by atoms with Crippen molar-refractivity contribution in [3.05, 3.63) is 102 Å². The molecule has 48 heavy (non-hydrogen) atoms. The maximum atomic E-state index is 13.8. The van der Waals surface area contributed by atoms with Crippen molar-refractivity contribution in [1.29, 1.82) is 0 Å². The van der Waals surface area contributed by atoms with Gasteiger partial charge in [0, 0.05) is 43.6 Å². The van der Waals surface area contributed by atoms with Gasteiger partial charge in [0.1, 0.15) is 11.6 Å². The number of carbonyl (C=O) groups excluding carboxylic acids is 2. The van der Waals surface area contributed by atoms with Gasteiger partial charge in [-0.3, -0.25) is 14.6 Å². The molecule has 12 heteroatoms. The van der Waals surface area contributed by atoms with Crippen LogP contribution < -0.4 is 20.3 Å². The van der Waals surface area contributed by atoms with Crippen molar-refractivity contribution in [1.82, 2.24) is 10.2 Å². The molecule has 3 aromatic carbocycles. The Morgan fingerprint density at radius 2 is 1.77 bits per heavy atom. The fourth-order valence-electron chi connectivity index (χ4n) is 5.95. The van der Waals surface area contributed by atoms with Crippen molar-refractivity contribution < 1.29 is 23.5 Å². The van der Waals surface area contributed by atoms with Gasteiger partial charge >= 0.3 is 6.03 Å². The van der Waals surface area contributed by atoms with Crippen molar-refractivity contribution in [2.45, 2.75) is 35.0 Å². The molecule has 1 heterocycles. The largest absolute Gasteiger partial charge is 0.493 e. The molecule has 1 aliphatic heterocycles. The highest BCUT2D eigenvalue weighted by Gasteiger charge is 2.40. The Bertz CT molecular complexity index is 1530. The van der Waals surface area contributed by atoms with Gasteiger partial charge in [-0.25, -0.2) is 9.18 Å². The molecule has 3 aromatic rings. The molecule has 2 N–H and O–H groups in total. The molecule has 1 fully saturated rings. The van der Waals surface area contributed by atoms with Crippen molar-refractivity contribution >= 4 is 58.1 Å². The first-order chi connectivity index (χ1) is 23.1. The Balaban J connectivity index is 1.32. The number of hydrogen-bond acceptors (Lipinski definition) is 5. The molecule has 2 atom stereocenters. The highest BCUT2D eigenvalue weighted by atomic mass is 35.6. The number of nitrogens with zero attached hydrogens (tertiary/aromatic N) is 2. The first-order valence-corrected chi connectivity index (χ1v) is 17.2. The first-order valence-electron chi connectivity index (χ1n) is 16.1. The zero-order chi connectivity index (χ0) is 34.0. The molecule has 0 bridgehead atoms. The van der Waals surface area contributed by atoms with Crippen LogP contribution in [0.1, 0.15) is 24.8 Å². The lowest BCUT2D eigenvalue weighted by molar-refractivity contribution is -0.121. The van der Waals surface area contributed by atoms with E-state index >= 15 is 0 Å². The summed E-state index contributed by atoms with van der Waals surface area (Å²) in [6, 6.07) is 22.6. The van der Waals surface area contributed by atoms with Crippen LogP contribution in [-0.4, -0.2) is 72.2 Å². The van der Waals surface area contributed by atoms with E-state index in [1.54, 1.807) is 17.0 Å². The van der Waals surface area contributed by atoms with Crippen molar-refractivity contribution in [3.63, 3.8) is 0 Å². The minimum absolute atomic E-state index is 0.0596. The predicted molar refractivity (Wildman–Crippen MR) is 190 cm³/mol. The van der Waals surface area contributed by atoms with Crippen LogP contribution >= 0.6 is 34.8 Å². The van der Waals surface area contributed by atoms with E-state index in [1.165, 1.54) is 12.1 Å². The number of anilines is 2. The van der Waals surface area contributed by atoms with Gasteiger partial charge in [-0.1, -0.05) is 83.4 Å². The quantitative estimate of drug-likeness (QED) is 0.116. The van der Waals surface area contributed by atoms with Gasteiger partial charge in [0.2, 0.25) is 0 Å². The number of morpholine rings is 1. The smallest absolute Gasteiger partial charge is 0.326 e. The normalized spacial score (nSPS) is 19.8. The lowest BCUT2D eigenvalue weighted by Crippen LogP contribution is -2.54. The molecule has 0 saturated carbocycles. The fourth-order valence-corrected chi connectivity index (χ4v) is 6.09. The molecule has 0 aromatic heterocycles. The Hall–Kier alpha value is -3.34. The van der Waals surface area contributed by atoms with E-state index in [-0.39, 0.29) is 17.8 Å². The standard InChI is InChI=1S/C36H40Cl3FN4O4/c37-36(38,39)33(45)42-35(25-27-10-12-29(40)13-11-27)16-14-28(15-17-35)26-44(34(46)41-30-6-2-1-3-7-30)31-8-4-9-32(24-31)48-21-5-18-43-19-22-47-23-20-43/h1-4,6-14,16,24,28H,5,15,17-23,25-26H2,(H,41,46)(H,42,45). The number of benzene rings is 3. The van der Waals surface area contributed by atoms with Crippen molar-refractivity contribution in [3.8, 4) is 5.75 Å². The van der Waals surface area contributed by atoms with Crippen LogP contribution in [0.25, 0.3) is 0 Å². The molecular weight excluding hydrogens is 678 g/mol. The number of urea groups is 1. The molecular formula is C36H40Cl3FN4O4. The summed E-state index contributed by atoms with van der Waals surface area (Å²) in [6.07, 6.45) is 6.25. The number of ether oxygens (including phenoxy) is 2. The van der Waals surface area contributed by atoms with Crippen LogP contribution in [0.5, 0.6) is 5.75 Å². The summed E-state index contributed by atoms with van der Waals surface area (Å²) in [5.41, 5.74) is 1.31. The second-order valence-electron chi connectivity index (χ2n) is 12.1. The Morgan fingerprint density at radius 3 is 2.46 bits per heavy atom. The third kappa shape index (κ3) is 10.6. The molecule has 1 saturated heterocycles. The lowest BCUT2D eigenvalue weighted by Gasteiger charge is -2.38. The van der Waals surface area contributed by atoms with E-state index < -0.39 is 15.2 Å². The van der Waals surface area contributed by atoms with E-state index in [0.29, 0.717) is 49.5 Å². The van der Waals surface area contributed by atoms with Crippen LogP contribution in [0, 0.1) is 11.7 Å². The maximum absolute atomic E-state index is 13.8. The second-order valence-corrected chi connectivity index (χ2v) is 14.4. The van der Waals surface area contributed by atoms with Crippen molar-refractivity contribution in [2.24, 2.45) is 5.92 Å². The van der Waals surface area contributed by atoms with E-state index in [4.69, 9.17) is 44.3 Å². The van der Waals surface area contributed by atoms with Crippen LogP contribution in [0.4, 0.5) is 20.6 Å². The average Bonchev–Trinajstić information content (AvgIpc) is 3.08. The van der Waals surface area contributed by atoms with E-state index in [2.05, 4.69) is 15.5 Å². The number of para-hydroxylation sites is 1. The molecule has 256 valence electrons. The highest BCUT2D eigenvalue weighted by Crippen LogP contribution is 2.34. The number of nitrogens with one attached hydrogen (secondary N) is 2. The lowest BCUT2D eigenvalue weighted by atomic mass is 9.78. The topological polar surface area (TPSA) is 83.1 Å². The van der Waals surface area contributed by atoms with E-state index in [0.717, 1.165) is 44.8 Å². The molecule has 3 amide bonds. The Kier molecular flexibility index (Phi) is 12.6. The summed E-state index contributed by atoms with van der Waals surface area (Å²) in [7, 11) is 0. The Morgan fingerprint density at radius 1 is 1.02 bits per heavy atom. The van der Waals surface area contributed by atoms with Crippen LogP contribution in [0.15, 0.2) is 91.0 Å². The average molecular weight is 718 g/mol. The number of hydrogen-bond donors (Lipinski definition) is 2. The zero-order valence-corrected chi connectivity index (χ0v) is 28.8. The van der Waals surface area contributed by atoms with Gasteiger partial charge in [-0.05, 0) is 73.6 Å². The monoisotopic (exact) mass is 716 g/mol. The van der Waals surface area contributed by atoms with Gasteiger partial charge in [-0.15, -0.1) is 0 Å². The number of amides is 3. The summed E-state index contributed by atoms with van der Waals surface area (Å²) in [6.45, 7) is 5.25. The number of alkyl halides is 3. The van der Waals surface area contributed by atoms with Gasteiger partial charge in [0.05, 0.1) is 25.4 Å². The van der Waals surface area contributed by atoms with Gasteiger partial charge < -0.3 is 20.1 Å². The van der Waals surface area contributed by atoms with Gasteiger partial charge in [0.25, 0.3) is 9.70 Å². The van der Waals surface area contributed by atoms with E-state index in [9.17, 15) is 14.0 Å². The van der Waals surface area contributed by atoms with Crippen LogP contribution in [-0.2, 0) is 16.0 Å². The number of carbonyl (C=O) groups is 2. The third-order valence-electron chi connectivity index (χ3n) is 8.51. The first kappa shape index (κ1) is 36.0. The SMILES string of the molecule is O=C(Nc1ccccc1)N(CC1C=CC(Cc2ccc(F)cc2)(NC(=O)C(Cl)(Cl)Cl)CC1)c1cccc(OCCCN2CCOCC2)c1. The molecule has 0 spiro atoms. The van der Waals surface area contributed by atoms with Crippen LogP contribution in [0.3, 0.4) is 0 Å². The molecule has 1 aliphatic carbocycles. The van der Waals surface area contributed by atoms with E-state index in [1.807, 2.05) is 66.7 Å². The summed E-state index contributed by atoms with van der Waals surface area (Å²) in [4.78, 5) is 30.7. The van der Waals surface area contributed by atoms with Crippen molar-refractivity contribution in [2.75, 3.05) is 56.2 Å². The van der Waals surface area contributed by atoms with Gasteiger partial charge in [-0.2, -0.15) is 0 Å². The summed E-state index contributed by atoms with van der Waals surface area (Å²) < 4.78 is 23.0. The minimum atomic E-state index is -2.15. The second kappa shape index (κ2) is 16.9.